The molecule has 1 aromatic carbocycles. The minimum absolute atomic E-state index is 0.0979. The van der Waals surface area contributed by atoms with Gasteiger partial charge in [0.1, 0.15) is 29.6 Å². The van der Waals surface area contributed by atoms with E-state index < -0.39 is 17.5 Å². The minimum atomic E-state index is -0.720. The number of carbonyl (C=O) groups is 1. The second kappa shape index (κ2) is 7.25. The van der Waals surface area contributed by atoms with E-state index in [1.54, 1.807) is 12.3 Å². The van der Waals surface area contributed by atoms with E-state index in [0.29, 0.717) is 11.5 Å². The predicted octanol–water partition coefficient (Wildman–Crippen LogP) is 1.99. The third kappa shape index (κ3) is 3.86. The van der Waals surface area contributed by atoms with Crippen LogP contribution in [0.4, 0.5) is 14.5 Å². The molecule has 140 valence electrons. The zero-order valence-electron chi connectivity index (χ0n) is 14.1. The molecular weight excluding hydrogens is 358 g/mol. The number of furan rings is 1. The summed E-state index contributed by atoms with van der Waals surface area (Å²) >= 11 is 0. The van der Waals surface area contributed by atoms with E-state index in [9.17, 15) is 13.6 Å². The Morgan fingerprint density at radius 3 is 3.04 bits per heavy atom. The van der Waals surface area contributed by atoms with Crippen LogP contribution in [0.25, 0.3) is 11.5 Å². The zero-order valence-corrected chi connectivity index (χ0v) is 14.1. The first kappa shape index (κ1) is 17.3. The molecule has 1 amide bonds. The highest BCUT2D eigenvalue weighted by molar-refractivity contribution is 5.90. The normalized spacial score (nSPS) is 16.6. The molecule has 3 N–H and O–H groups in total. The van der Waals surface area contributed by atoms with Crippen LogP contribution in [0.3, 0.4) is 0 Å². The van der Waals surface area contributed by atoms with Gasteiger partial charge >= 0.3 is 0 Å². The van der Waals surface area contributed by atoms with Crippen molar-refractivity contribution in [2.75, 3.05) is 11.9 Å². The van der Waals surface area contributed by atoms with Crippen LogP contribution < -0.4 is 16.2 Å². The fourth-order valence-electron chi connectivity index (χ4n) is 2.79. The van der Waals surface area contributed by atoms with Gasteiger partial charge in [-0.25, -0.2) is 18.9 Å². The van der Waals surface area contributed by atoms with Crippen LogP contribution in [0.15, 0.2) is 40.9 Å². The highest BCUT2D eigenvalue weighted by Gasteiger charge is 2.20. The van der Waals surface area contributed by atoms with Crippen LogP contribution in [0.5, 0.6) is 0 Å². The molecular formula is C17H16F2N6O2. The molecule has 0 bridgehead atoms. The molecule has 0 aliphatic carbocycles. The van der Waals surface area contributed by atoms with Gasteiger partial charge in [-0.3, -0.25) is 10.2 Å². The summed E-state index contributed by atoms with van der Waals surface area (Å²) in [6.45, 7) is 0.655. The van der Waals surface area contributed by atoms with Crippen molar-refractivity contribution in [3.63, 3.8) is 0 Å². The third-order valence-electron chi connectivity index (χ3n) is 4.10. The first-order chi connectivity index (χ1) is 13.1. The summed E-state index contributed by atoms with van der Waals surface area (Å²) in [7, 11) is 0. The number of aromatic nitrogens is 3. The van der Waals surface area contributed by atoms with Crippen LogP contribution >= 0.6 is 0 Å². The molecule has 2 aromatic heterocycles. The molecule has 1 unspecified atom stereocenters. The minimum Gasteiger partial charge on any atom is -0.458 e. The van der Waals surface area contributed by atoms with Gasteiger partial charge in [0.05, 0.1) is 17.9 Å². The summed E-state index contributed by atoms with van der Waals surface area (Å²) in [5.41, 5.74) is 6.38. The molecule has 1 aliphatic heterocycles. The first-order valence-corrected chi connectivity index (χ1v) is 8.32. The van der Waals surface area contributed by atoms with Crippen LogP contribution in [-0.4, -0.2) is 27.4 Å². The second-order valence-corrected chi connectivity index (χ2v) is 6.09. The van der Waals surface area contributed by atoms with Gasteiger partial charge in [0, 0.05) is 12.6 Å². The number of halogens is 2. The van der Waals surface area contributed by atoms with Crippen LogP contribution in [0.2, 0.25) is 0 Å². The number of hydrogen-bond donors (Lipinski definition) is 3. The van der Waals surface area contributed by atoms with Crippen molar-refractivity contribution in [2.24, 2.45) is 0 Å². The van der Waals surface area contributed by atoms with Crippen molar-refractivity contribution in [3.8, 4) is 11.5 Å². The SMILES string of the molecule is O=C(Cn1cc(-c2ccc(C3CCNN3)o2)nn1)Nc1cc(F)ccc1F. The smallest absolute Gasteiger partial charge is 0.246 e. The number of benzene rings is 1. The van der Waals surface area contributed by atoms with E-state index >= 15 is 0 Å². The Morgan fingerprint density at radius 1 is 1.33 bits per heavy atom. The Kier molecular flexibility index (Phi) is 4.65. The Bertz CT molecular complexity index is 964. The van der Waals surface area contributed by atoms with Crippen molar-refractivity contribution in [2.45, 2.75) is 19.0 Å². The van der Waals surface area contributed by atoms with Gasteiger partial charge < -0.3 is 9.73 Å². The zero-order chi connectivity index (χ0) is 18.8. The summed E-state index contributed by atoms with van der Waals surface area (Å²) in [5.74, 6) is -0.611. The molecule has 0 saturated carbocycles. The number of hydrazine groups is 1. The number of rotatable bonds is 5. The van der Waals surface area contributed by atoms with Crippen molar-refractivity contribution in [3.05, 3.63) is 53.9 Å². The monoisotopic (exact) mass is 374 g/mol. The van der Waals surface area contributed by atoms with Crippen LogP contribution in [0.1, 0.15) is 18.2 Å². The summed E-state index contributed by atoms with van der Waals surface area (Å²) in [6.07, 6.45) is 2.46. The largest absolute Gasteiger partial charge is 0.458 e. The third-order valence-corrected chi connectivity index (χ3v) is 4.10. The fourth-order valence-corrected chi connectivity index (χ4v) is 2.79. The van der Waals surface area contributed by atoms with Gasteiger partial charge in [-0.05, 0) is 30.7 Å². The van der Waals surface area contributed by atoms with Gasteiger partial charge in [0.25, 0.3) is 0 Å². The summed E-state index contributed by atoms with van der Waals surface area (Å²) < 4.78 is 33.8. The Hall–Kier alpha value is -3.11. The molecule has 1 atom stereocenters. The molecule has 3 aromatic rings. The fraction of sp³-hybridized carbons (Fsp3) is 0.235. The number of anilines is 1. The second-order valence-electron chi connectivity index (χ2n) is 6.09. The Labute approximate surface area is 152 Å². The first-order valence-electron chi connectivity index (χ1n) is 8.32. The van der Waals surface area contributed by atoms with E-state index in [1.165, 1.54) is 4.68 Å². The lowest BCUT2D eigenvalue weighted by Crippen LogP contribution is -2.24. The number of nitrogens with zero attached hydrogens (tertiary/aromatic N) is 3. The lowest BCUT2D eigenvalue weighted by atomic mass is 10.2. The molecule has 0 radical (unpaired) electrons. The maximum atomic E-state index is 13.6. The molecule has 1 fully saturated rings. The average molecular weight is 374 g/mol. The van der Waals surface area contributed by atoms with E-state index in [4.69, 9.17) is 4.42 Å². The predicted molar refractivity (Wildman–Crippen MR) is 91.2 cm³/mol. The van der Waals surface area contributed by atoms with Gasteiger partial charge in [-0.1, -0.05) is 5.21 Å². The molecule has 27 heavy (non-hydrogen) atoms. The lowest BCUT2D eigenvalue weighted by Gasteiger charge is -2.06. The number of amides is 1. The van der Waals surface area contributed by atoms with Crippen molar-refractivity contribution < 1.29 is 18.0 Å². The quantitative estimate of drug-likeness (QED) is 0.632. The van der Waals surface area contributed by atoms with Crippen molar-refractivity contribution in [1.82, 2.24) is 25.8 Å². The average Bonchev–Trinajstić information content (AvgIpc) is 3.37. The lowest BCUT2D eigenvalue weighted by molar-refractivity contribution is -0.116. The molecule has 1 aliphatic rings. The summed E-state index contributed by atoms with van der Waals surface area (Å²) in [5, 5.41) is 10.2. The Morgan fingerprint density at radius 2 is 2.22 bits per heavy atom. The van der Waals surface area contributed by atoms with Crippen LogP contribution in [-0.2, 0) is 11.3 Å². The van der Waals surface area contributed by atoms with E-state index in [1.807, 2.05) is 6.07 Å². The summed E-state index contributed by atoms with van der Waals surface area (Å²) in [6, 6.07) is 6.58. The Balaban J connectivity index is 1.42. The molecule has 8 nitrogen and oxygen atoms in total. The van der Waals surface area contributed by atoms with Crippen molar-refractivity contribution in [1.29, 1.82) is 0 Å². The van der Waals surface area contributed by atoms with Crippen LogP contribution in [0, 0.1) is 11.6 Å². The number of carbonyl (C=O) groups excluding carboxylic acids is 1. The number of hydrogen-bond acceptors (Lipinski definition) is 6. The maximum Gasteiger partial charge on any atom is 0.246 e. The van der Waals surface area contributed by atoms with E-state index in [-0.39, 0.29) is 18.3 Å². The molecule has 3 heterocycles. The highest BCUT2D eigenvalue weighted by atomic mass is 19.1. The van der Waals surface area contributed by atoms with Gasteiger partial charge in [0.2, 0.25) is 5.91 Å². The molecule has 0 spiro atoms. The highest BCUT2D eigenvalue weighted by Crippen LogP contribution is 2.26. The van der Waals surface area contributed by atoms with E-state index in [0.717, 1.165) is 36.9 Å². The molecule has 4 rings (SSSR count). The topological polar surface area (TPSA) is 97.0 Å². The molecule has 1 saturated heterocycles. The summed E-state index contributed by atoms with van der Waals surface area (Å²) in [4.78, 5) is 12.0. The van der Waals surface area contributed by atoms with Crippen molar-refractivity contribution >= 4 is 11.6 Å². The van der Waals surface area contributed by atoms with E-state index in [2.05, 4.69) is 26.5 Å². The molecule has 10 heteroatoms. The van der Waals surface area contributed by atoms with Gasteiger partial charge in [-0.2, -0.15) is 0 Å². The standard InChI is InChI=1S/C17H16F2N6O2/c18-10-1-2-11(19)13(7-10)21-17(26)9-25-8-14(23-24-25)16-4-3-15(27-16)12-5-6-20-22-12/h1-4,7-8,12,20,22H,5-6,9H2,(H,21,26). The van der Waals surface area contributed by atoms with Gasteiger partial charge in [0.15, 0.2) is 5.76 Å². The van der Waals surface area contributed by atoms with Gasteiger partial charge in [-0.15, -0.1) is 5.10 Å². The number of nitrogens with one attached hydrogen (secondary N) is 3. The maximum absolute atomic E-state index is 13.6.